The van der Waals surface area contributed by atoms with Crippen LogP contribution in [-0.2, 0) is 0 Å². The van der Waals surface area contributed by atoms with Crippen LogP contribution in [0.2, 0.25) is 0 Å². The number of rotatable bonds is 1. The van der Waals surface area contributed by atoms with Crippen molar-refractivity contribution in [1.29, 1.82) is 0 Å². The Kier molecular flexibility index (Phi) is 3.08. The summed E-state index contributed by atoms with van der Waals surface area (Å²) in [6.45, 7) is 1.97. The molecule has 1 aromatic carbocycles. The lowest BCUT2D eigenvalue weighted by Crippen LogP contribution is -2.36. The van der Waals surface area contributed by atoms with Crippen LogP contribution in [0.5, 0.6) is 0 Å². The fourth-order valence-electron chi connectivity index (χ4n) is 3.10. The molecule has 0 fully saturated rings. The molecule has 0 radical (unpaired) electrons. The molecule has 0 saturated heterocycles. The molecule has 1 N–H and O–H groups in total. The van der Waals surface area contributed by atoms with Crippen molar-refractivity contribution in [2.24, 2.45) is 0 Å². The lowest BCUT2D eigenvalue weighted by atomic mass is 10.1. The molecule has 1 aliphatic rings. The first-order chi connectivity index (χ1) is 11.1. The summed E-state index contributed by atoms with van der Waals surface area (Å²) in [4.78, 5) is 24.2. The molecule has 116 valence electrons. The first-order valence-corrected chi connectivity index (χ1v) is 7.68. The van der Waals surface area contributed by atoms with Gasteiger partial charge in [-0.3, -0.25) is 9.78 Å². The highest BCUT2D eigenvalue weighted by atomic mass is 16.1. The molecular formula is C18H18N4O. The van der Waals surface area contributed by atoms with Crippen LogP contribution < -0.4 is 15.4 Å². The highest BCUT2D eigenvalue weighted by Gasteiger charge is 2.19. The van der Waals surface area contributed by atoms with Crippen LogP contribution in [0.3, 0.4) is 0 Å². The second kappa shape index (κ2) is 5.12. The van der Waals surface area contributed by atoms with Gasteiger partial charge in [0.2, 0.25) is 0 Å². The van der Waals surface area contributed by atoms with Crippen molar-refractivity contribution in [3.63, 3.8) is 0 Å². The highest BCUT2D eigenvalue weighted by molar-refractivity contribution is 5.92. The highest BCUT2D eigenvalue weighted by Crippen LogP contribution is 2.35. The van der Waals surface area contributed by atoms with Gasteiger partial charge in [0, 0.05) is 38.8 Å². The lowest BCUT2D eigenvalue weighted by Gasteiger charge is -2.35. The molecule has 0 bridgehead atoms. The van der Waals surface area contributed by atoms with E-state index in [4.69, 9.17) is 0 Å². The second-order valence-corrected chi connectivity index (χ2v) is 6.00. The van der Waals surface area contributed by atoms with Crippen LogP contribution in [0.1, 0.15) is 0 Å². The molecule has 1 aliphatic heterocycles. The van der Waals surface area contributed by atoms with Crippen molar-refractivity contribution >= 4 is 22.3 Å². The zero-order valence-corrected chi connectivity index (χ0v) is 13.2. The number of pyridine rings is 2. The summed E-state index contributed by atoms with van der Waals surface area (Å²) < 4.78 is 0. The zero-order chi connectivity index (χ0) is 16.0. The van der Waals surface area contributed by atoms with Gasteiger partial charge in [-0.1, -0.05) is 6.07 Å². The number of benzene rings is 1. The Morgan fingerprint density at radius 2 is 1.78 bits per heavy atom. The van der Waals surface area contributed by atoms with Crippen LogP contribution in [0.4, 0.5) is 11.4 Å². The molecule has 5 nitrogen and oxygen atoms in total. The Morgan fingerprint density at radius 1 is 1.04 bits per heavy atom. The average Bonchev–Trinajstić information content (AvgIpc) is 2.57. The maximum Gasteiger partial charge on any atom is 0.257 e. The number of fused-ring (bicyclic) bond motifs is 2. The first-order valence-electron chi connectivity index (χ1n) is 7.68. The van der Waals surface area contributed by atoms with Crippen molar-refractivity contribution in [1.82, 2.24) is 9.97 Å². The van der Waals surface area contributed by atoms with Gasteiger partial charge in [-0.2, -0.15) is 0 Å². The van der Waals surface area contributed by atoms with Gasteiger partial charge in [0.25, 0.3) is 5.56 Å². The summed E-state index contributed by atoms with van der Waals surface area (Å²) in [5.41, 5.74) is 4.38. The summed E-state index contributed by atoms with van der Waals surface area (Å²) in [6, 6.07) is 11.7. The van der Waals surface area contributed by atoms with Crippen LogP contribution >= 0.6 is 0 Å². The standard InChI is InChI=1S/C18H18N4O/c1-21-7-8-22(2)17-11-15-12(10-16(17)21)9-13(18(23)20-15)14-5-3-4-6-19-14/h3-6,9-11H,7-8H2,1-2H3,(H,20,23). The van der Waals surface area contributed by atoms with E-state index >= 15 is 0 Å². The van der Waals surface area contributed by atoms with Crippen molar-refractivity contribution in [3.05, 3.63) is 52.9 Å². The predicted molar refractivity (Wildman–Crippen MR) is 94.3 cm³/mol. The van der Waals surface area contributed by atoms with Crippen LogP contribution in [0.15, 0.2) is 47.4 Å². The minimum Gasteiger partial charge on any atom is -0.371 e. The Bertz CT molecular complexity index is 933. The lowest BCUT2D eigenvalue weighted by molar-refractivity contribution is 0.799. The molecule has 0 spiro atoms. The van der Waals surface area contributed by atoms with Crippen molar-refractivity contribution in [2.45, 2.75) is 0 Å². The molecule has 23 heavy (non-hydrogen) atoms. The minimum absolute atomic E-state index is 0.108. The van der Waals surface area contributed by atoms with Gasteiger partial charge in [-0.25, -0.2) is 0 Å². The minimum atomic E-state index is -0.108. The van der Waals surface area contributed by atoms with Gasteiger partial charge in [-0.05, 0) is 30.3 Å². The third kappa shape index (κ3) is 2.25. The van der Waals surface area contributed by atoms with E-state index in [1.807, 2.05) is 24.3 Å². The topological polar surface area (TPSA) is 52.2 Å². The van der Waals surface area contributed by atoms with E-state index in [0.717, 1.165) is 29.7 Å². The number of aromatic nitrogens is 2. The maximum atomic E-state index is 12.4. The zero-order valence-electron chi connectivity index (χ0n) is 13.2. The molecule has 0 amide bonds. The Labute approximate surface area is 134 Å². The first kappa shape index (κ1) is 13.8. The normalized spacial score (nSPS) is 14.2. The molecule has 0 unspecified atom stereocenters. The number of H-pyrrole nitrogens is 1. The summed E-state index contributed by atoms with van der Waals surface area (Å²) in [6.07, 6.45) is 1.70. The number of nitrogens with one attached hydrogen (secondary N) is 1. The van der Waals surface area contributed by atoms with E-state index < -0.39 is 0 Å². The van der Waals surface area contributed by atoms with E-state index in [9.17, 15) is 4.79 Å². The van der Waals surface area contributed by atoms with Gasteiger partial charge in [0.15, 0.2) is 0 Å². The number of aromatic amines is 1. The SMILES string of the molecule is CN1CCN(C)c2cc3[nH]c(=O)c(-c4ccccn4)cc3cc21. The summed E-state index contributed by atoms with van der Waals surface area (Å²) in [7, 11) is 4.18. The molecule has 0 atom stereocenters. The number of hydrogen-bond acceptors (Lipinski definition) is 4. The van der Waals surface area contributed by atoms with Crippen LogP contribution in [0.25, 0.3) is 22.2 Å². The van der Waals surface area contributed by atoms with Crippen LogP contribution in [-0.4, -0.2) is 37.2 Å². The molecule has 0 aliphatic carbocycles. The predicted octanol–water partition coefficient (Wildman–Crippen LogP) is 2.48. The third-order valence-corrected chi connectivity index (χ3v) is 4.47. The summed E-state index contributed by atoms with van der Waals surface area (Å²) in [5, 5.41) is 1.02. The third-order valence-electron chi connectivity index (χ3n) is 4.47. The van der Waals surface area contributed by atoms with E-state index in [-0.39, 0.29) is 5.56 Å². The Balaban J connectivity index is 1.96. The summed E-state index contributed by atoms with van der Waals surface area (Å²) >= 11 is 0. The molecule has 3 heterocycles. The molecule has 0 saturated carbocycles. The van der Waals surface area contributed by atoms with E-state index in [1.54, 1.807) is 6.20 Å². The summed E-state index contributed by atoms with van der Waals surface area (Å²) in [5.74, 6) is 0. The largest absolute Gasteiger partial charge is 0.371 e. The van der Waals surface area contributed by atoms with Gasteiger partial charge in [0.05, 0.1) is 28.1 Å². The van der Waals surface area contributed by atoms with Crippen LogP contribution in [0, 0.1) is 0 Å². The fraction of sp³-hybridized carbons (Fsp3) is 0.222. The van der Waals surface area contributed by atoms with Crippen molar-refractivity contribution in [3.8, 4) is 11.3 Å². The molecule has 4 rings (SSSR count). The number of nitrogens with zero attached hydrogens (tertiary/aromatic N) is 3. The van der Waals surface area contributed by atoms with E-state index in [0.29, 0.717) is 11.3 Å². The maximum absolute atomic E-state index is 12.4. The average molecular weight is 306 g/mol. The molecular weight excluding hydrogens is 288 g/mol. The van der Waals surface area contributed by atoms with E-state index in [1.165, 1.54) is 5.69 Å². The number of anilines is 2. The van der Waals surface area contributed by atoms with Gasteiger partial charge < -0.3 is 14.8 Å². The van der Waals surface area contributed by atoms with Crippen molar-refractivity contribution in [2.75, 3.05) is 37.0 Å². The monoisotopic (exact) mass is 306 g/mol. The number of hydrogen-bond donors (Lipinski definition) is 1. The molecule has 3 aromatic rings. The smallest absolute Gasteiger partial charge is 0.257 e. The quantitative estimate of drug-likeness (QED) is 0.750. The Morgan fingerprint density at radius 3 is 2.48 bits per heavy atom. The number of likely N-dealkylation sites (N-methyl/N-ethyl adjacent to an activating group) is 2. The van der Waals surface area contributed by atoms with E-state index in [2.05, 4.69) is 46.0 Å². The fourth-order valence-corrected chi connectivity index (χ4v) is 3.10. The van der Waals surface area contributed by atoms with Gasteiger partial charge >= 0.3 is 0 Å². The molecule has 2 aromatic heterocycles. The Hall–Kier alpha value is -2.82. The molecule has 5 heteroatoms. The second-order valence-electron chi connectivity index (χ2n) is 6.00. The van der Waals surface area contributed by atoms with Gasteiger partial charge in [0.1, 0.15) is 0 Å². The van der Waals surface area contributed by atoms with Crippen molar-refractivity contribution < 1.29 is 0 Å². The van der Waals surface area contributed by atoms with Gasteiger partial charge in [-0.15, -0.1) is 0 Å².